The molecule has 1 aromatic rings. The third-order valence-electron chi connectivity index (χ3n) is 3.97. The quantitative estimate of drug-likeness (QED) is 0.839. The predicted octanol–water partition coefficient (Wildman–Crippen LogP) is 3.61. The number of hydrogen-bond donors (Lipinski definition) is 1. The lowest BCUT2D eigenvalue weighted by molar-refractivity contribution is -0.120. The van der Waals surface area contributed by atoms with Crippen LogP contribution < -0.4 is 10.4 Å². The maximum Gasteiger partial charge on any atom is 0.238 e. The first-order valence-electron chi connectivity index (χ1n) is 7.34. The van der Waals surface area contributed by atoms with E-state index < -0.39 is 0 Å². The minimum atomic E-state index is 0.0406. The Hall–Kier alpha value is -1.51. The molecule has 0 bridgehead atoms. The molecule has 3 nitrogen and oxygen atoms in total. The standard InChI is InChI=1S/C16H24N2O/c1-3-16(19)17-18(2)15-11-9-14(10-12-15)13-7-5-4-6-8-13/h9-13H,3-8H2,1-2H3,(H,17,19). The van der Waals surface area contributed by atoms with Crippen molar-refractivity contribution >= 4 is 11.6 Å². The molecule has 0 aromatic heterocycles. The minimum absolute atomic E-state index is 0.0406. The van der Waals surface area contributed by atoms with Crippen molar-refractivity contribution in [2.24, 2.45) is 0 Å². The van der Waals surface area contributed by atoms with Gasteiger partial charge in [0.1, 0.15) is 0 Å². The average molecular weight is 260 g/mol. The van der Waals surface area contributed by atoms with Gasteiger partial charge in [-0.15, -0.1) is 0 Å². The third-order valence-corrected chi connectivity index (χ3v) is 3.97. The summed E-state index contributed by atoms with van der Waals surface area (Å²) in [5.41, 5.74) is 5.31. The molecule has 0 saturated heterocycles. The van der Waals surface area contributed by atoms with E-state index in [-0.39, 0.29) is 5.91 Å². The first kappa shape index (κ1) is 13.9. The molecule has 2 rings (SSSR count). The Balaban J connectivity index is 1.99. The Morgan fingerprint density at radius 2 is 1.84 bits per heavy atom. The van der Waals surface area contributed by atoms with Gasteiger partial charge < -0.3 is 0 Å². The smallest absolute Gasteiger partial charge is 0.238 e. The van der Waals surface area contributed by atoms with Crippen LogP contribution in [-0.4, -0.2) is 13.0 Å². The van der Waals surface area contributed by atoms with E-state index in [1.807, 2.05) is 14.0 Å². The zero-order chi connectivity index (χ0) is 13.7. The van der Waals surface area contributed by atoms with Gasteiger partial charge in [0.05, 0.1) is 5.69 Å². The number of nitrogens with zero attached hydrogens (tertiary/aromatic N) is 1. The Morgan fingerprint density at radius 3 is 2.42 bits per heavy atom. The van der Waals surface area contributed by atoms with E-state index in [2.05, 4.69) is 29.7 Å². The zero-order valence-corrected chi connectivity index (χ0v) is 12.0. The van der Waals surface area contributed by atoms with Crippen LogP contribution >= 0.6 is 0 Å². The molecular weight excluding hydrogens is 236 g/mol. The first-order chi connectivity index (χ1) is 9.20. The Bertz CT molecular complexity index is 407. The van der Waals surface area contributed by atoms with Crippen molar-refractivity contribution in [3.63, 3.8) is 0 Å². The molecule has 1 N–H and O–H groups in total. The fourth-order valence-electron chi connectivity index (χ4n) is 2.74. The van der Waals surface area contributed by atoms with Gasteiger partial charge >= 0.3 is 0 Å². The molecule has 1 aromatic carbocycles. The van der Waals surface area contributed by atoms with Crippen molar-refractivity contribution < 1.29 is 4.79 Å². The highest BCUT2D eigenvalue weighted by Gasteiger charge is 2.15. The van der Waals surface area contributed by atoms with E-state index in [1.54, 1.807) is 5.01 Å². The van der Waals surface area contributed by atoms with Gasteiger partial charge in [-0.25, -0.2) is 0 Å². The second-order valence-electron chi connectivity index (χ2n) is 5.37. The average Bonchev–Trinajstić information content (AvgIpc) is 2.48. The van der Waals surface area contributed by atoms with Gasteiger partial charge in [0.15, 0.2) is 0 Å². The second-order valence-corrected chi connectivity index (χ2v) is 5.37. The summed E-state index contributed by atoms with van der Waals surface area (Å²) in [6.07, 6.45) is 7.26. The molecule has 1 amide bonds. The van der Waals surface area contributed by atoms with Crippen LogP contribution in [0.25, 0.3) is 0 Å². The Labute approximate surface area is 116 Å². The number of benzene rings is 1. The number of anilines is 1. The van der Waals surface area contributed by atoms with Crippen LogP contribution in [0.1, 0.15) is 56.9 Å². The summed E-state index contributed by atoms with van der Waals surface area (Å²) in [6.45, 7) is 1.86. The lowest BCUT2D eigenvalue weighted by atomic mass is 9.84. The predicted molar refractivity (Wildman–Crippen MR) is 79.1 cm³/mol. The van der Waals surface area contributed by atoms with Crippen LogP contribution in [0.2, 0.25) is 0 Å². The molecule has 104 valence electrons. The molecular formula is C16H24N2O. The number of amides is 1. The van der Waals surface area contributed by atoms with Gasteiger partial charge in [0, 0.05) is 13.5 Å². The maximum atomic E-state index is 11.4. The summed E-state index contributed by atoms with van der Waals surface area (Å²) in [4.78, 5) is 11.4. The molecule has 0 spiro atoms. The third kappa shape index (κ3) is 3.72. The van der Waals surface area contributed by atoms with E-state index in [9.17, 15) is 4.79 Å². The van der Waals surface area contributed by atoms with E-state index >= 15 is 0 Å². The summed E-state index contributed by atoms with van der Waals surface area (Å²) in [6, 6.07) is 8.61. The molecule has 0 atom stereocenters. The SMILES string of the molecule is CCC(=O)NN(C)c1ccc(C2CCCCC2)cc1. The fraction of sp³-hybridized carbons (Fsp3) is 0.562. The number of rotatable bonds is 4. The monoisotopic (exact) mass is 260 g/mol. The molecule has 1 aliphatic rings. The maximum absolute atomic E-state index is 11.4. The van der Waals surface area contributed by atoms with Crippen LogP contribution in [-0.2, 0) is 4.79 Å². The Kier molecular flexibility index (Phi) is 4.83. The Morgan fingerprint density at radius 1 is 1.21 bits per heavy atom. The highest BCUT2D eigenvalue weighted by molar-refractivity contribution is 5.77. The number of carbonyl (C=O) groups excluding carboxylic acids is 1. The van der Waals surface area contributed by atoms with Crippen LogP contribution in [0, 0.1) is 0 Å². The van der Waals surface area contributed by atoms with Gasteiger partial charge in [-0.1, -0.05) is 38.3 Å². The molecule has 0 unspecified atom stereocenters. The van der Waals surface area contributed by atoms with E-state index in [1.165, 1.54) is 37.7 Å². The minimum Gasteiger partial charge on any atom is -0.289 e. The molecule has 19 heavy (non-hydrogen) atoms. The lowest BCUT2D eigenvalue weighted by Gasteiger charge is -2.24. The molecule has 3 heteroatoms. The summed E-state index contributed by atoms with van der Waals surface area (Å²) >= 11 is 0. The number of carbonyl (C=O) groups is 1. The lowest BCUT2D eigenvalue weighted by Crippen LogP contribution is -2.38. The van der Waals surface area contributed by atoms with Crippen molar-refractivity contribution in [3.05, 3.63) is 29.8 Å². The van der Waals surface area contributed by atoms with Crippen molar-refractivity contribution in [3.8, 4) is 0 Å². The van der Waals surface area contributed by atoms with E-state index in [4.69, 9.17) is 0 Å². The summed E-state index contributed by atoms with van der Waals surface area (Å²) in [5.74, 6) is 0.775. The first-order valence-corrected chi connectivity index (χ1v) is 7.34. The second kappa shape index (κ2) is 6.60. The van der Waals surface area contributed by atoms with Crippen molar-refractivity contribution in [2.75, 3.05) is 12.1 Å². The fourth-order valence-corrected chi connectivity index (χ4v) is 2.74. The van der Waals surface area contributed by atoms with Crippen molar-refractivity contribution in [2.45, 2.75) is 51.4 Å². The number of hydrogen-bond acceptors (Lipinski definition) is 2. The van der Waals surface area contributed by atoms with Gasteiger partial charge in [0.25, 0.3) is 0 Å². The molecule has 1 aliphatic carbocycles. The van der Waals surface area contributed by atoms with E-state index in [0.717, 1.165) is 11.6 Å². The highest BCUT2D eigenvalue weighted by atomic mass is 16.2. The van der Waals surface area contributed by atoms with Gasteiger partial charge in [-0.2, -0.15) is 0 Å². The number of nitrogens with one attached hydrogen (secondary N) is 1. The van der Waals surface area contributed by atoms with Crippen LogP contribution in [0.15, 0.2) is 24.3 Å². The highest BCUT2D eigenvalue weighted by Crippen LogP contribution is 2.33. The molecule has 0 aliphatic heterocycles. The number of hydrazine groups is 1. The summed E-state index contributed by atoms with van der Waals surface area (Å²) in [5, 5.41) is 1.79. The topological polar surface area (TPSA) is 32.3 Å². The normalized spacial score (nSPS) is 16.1. The van der Waals surface area contributed by atoms with Gasteiger partial charge in [-0.05, 0) is 36.5 Å². The van der Waals surface area contributed by atoms with Crippen LogP contribution in [0.5, 0.6) is 0 Å². The van der Waals surface area contributed by atoms with Crippen LogP contribution in [0.3, 0.4) is 0 Å². The largest absolute Gasteiger partial charge is 0.289 e. The van der Waals surface area contributed by atoms with E-state index in [0.29, 0.717) is 6.42 Å². The van der Waals surface area contributed by atoms with Crippen LogP contribution in [0.4, 0.5) is 5.69 Å². The van der Waals surface area contributed by atoms with Crippen molar-refractivity contribution in [1.82, 2.24) is 5.43 Å². The summed E-state index contributed by atoms with van der Waals surface area (Å²) in [7, 11) is 1.88. The molecule has 0 radical (unpaired) electrons. The molecule has 1 fully saturated rings. The molecule has 1 saturated carbocycles. The zero-order valence-electron chi connectivity index (χ0n) is 12.0. The molecule has 0 heterocycles. The summed E-state index contributed by atoms with van der Waals surface area (Å²) < 4.78 is 0. The van der Waals surface area contributed by atoms with Gasteiger partial charge in [-0.3, -0.25) is 15.2 Å². The van der Waals surface area contributed by atoms with Crippen molar-refractivity contribution in [1.29, 1.82) is 0 Å². The van der Waals surface area contributed by atoms with Gasteiger partial charge in [0.2, 0.25) is 5.91 Å².